The van der Waals surface area contributed by atoms with Crippen molar-refractivity contribution < 1.29 is 0 Å². The summed E-state index contributed by atoms with van der Waals surface area (Å²) in [7, 11) is 0. The number of rotatable bonds is 3. The normalized spacial score (nSPS) is 38.5. The molecule has 1 rings (SSSR count). The van der Waals surface area contributed by atoms with Gasteiger partial charge in [-0.25, -0.2) is 0 Å². The average molecular weight is 169 g/mol. The van der Waals surface area contributed by atoms with E-state index in [1.807, 2.05) is 0 Å². The Kier molecular flexibility index (Phi) is 3.16. The lowest BCUT2D eigenvalue weighted by molar-refractivity contribution is 0.272. The predicted molar refractivity (Wildman–Crippen MR) is 54.0 cm³/mol. The van der Waals surface area contributed by atoms with Crippen LogP contribution in [0.2, 0.25) is 0 Å². The summed E-state index contributed by atoms with van der Waals surface area (Å²) in [5, 5.41) is 0. The van der Waals surface area contributed by atoms with Gasteiger partial charge in [-0.1, -0.05) is 27.2 Å². The van der Waals surface area contributed by atoms with Crippen LogP contribution in [0.1, 0.15) is 52.9 Å². The van der Waals surface area contributed by atoms with Gasteiger partial charge < -0.3 is 5.73 Å². The summed E-state index contributed by atoms with van der Waals surface area (Å²) in [6, 6.07) is 0. The monoisotopic (exact) mass is 169 g/mol. The molecule has 1 aliphatic rings. The Hall–Kier alpha value is -0.0400. The Labute approximate surface area is 76.7 Å². The van der Waals surface area contributed by atoms with Crippen molar-refractivity contribution in [3.8, 4) is 0 Å². The van der Waals surface area contributed by atoms with Crippen LogP contribution in [0.25, 0.3) is 0 Å². The minimum atomic E-state index is 0.176. The molecule has 0 amide bonds. The van der Waals surface area contributed by atoms with Crippen molar-refractivity contribution in [3.05, 3.63) is 0 Å². The van der Waals surface area contributed by atoms with Crippen LogP contribution in [0, 0.1) is 11.8 Å². The van der Waals surface area contributed by atoms with Crippen molar-refractivity contribution in [2.24, 2.45) is 17.6 Å². The second-order valence-corrected chi connectivity index (χ2v) is 4.77. The quantitative estimate of drug-likeness (QED) is 0.690. The zero-order chi connectivity index (χ0) is 9.19. The van der Waals surface area contributed by atoms with E-state index in [-0.39, 0.29) is 5.54 Å². The summed E-state index contributed by atoms with van der Waals surface area (Å²) >= 11 is 0. The third kappa shape index (κ3) is 2.01. The van der Waals surface area contributed by atoms with E-state index >= 15 is 0 Å². The molecule has 0 radical (unpaired) electrons. The molecule has 1 aliphatic carbocycles. The summed E-state index contributed by atoms with van der Waals surface area (Å²) in [4.78, 5) is 0. The number of hydrogen-bond acceptors (Lipinski definition) is 1. The second-order valence-electron chi connectivity index (χ2n) is 4.77. The fraction of sp³-hybridized carbons (Fsp3) is 1.00. The minimum absolute atomic E-state index is 0.176. The molecule has 0 aromatic rings. The molecular formula is C11H23N. The average Bonchev–Trinajstić information content (AvgIpc) is 2.33. The van der Waals surface area contributed by atoms with Gasteiger partial charge in [0.05, 0.1) is 0 Å². The first-order valence-corrected chi connectivity index (χ1v) is 5.37. The Bertz CT molecular complexity index is 144. The lowest BCUT2D eigenvalue weighted by Gasteiger charge is -2.31. The molecule has 3 unspecified atom stereocenters. The van der Waals surface area contributed by atoms with E-state index in [4.69, 9.17) is 5.73 Å². The summed E-state index contributed by atoms with van der Waals surface area (Å²) in [6.07, 6.45) is 6.39. The van der Waals surface area contributed by atoms with E-state index in [9.17, 15) is 0 Å². The molecule has 0 aromatic carbocycles. The fourth-order valence-corrected chi connectivity index (χ4v) is 2.54. The topological polar surface area (TPSA) is 26.0 Å². The van der Waals surface area contributed by atoms with Crippen LogP contribution in [0.3, 0.4) is 0 Å². The van der Waals surface area contributed by atoms with E-state index in [1.165, 1.54) is 32.1 Å². The van der Waals surface area contributed by atoms with Crippen LogP contribution < -0.4 is 5.73 Å². The Morgan fingerprint density at radius 2 is 2.25 bits per heavy atom. The van der Waals surface area contributed by atoms with Crippen molar-refractivity contribution in [3.63, 3.8) is 0 Å². The molecule has 0 aliphatic heterocycles. The maximum atomic E-state index is 6.38. The van der Waals surface area contributed by atoms with Gasteiger partial charge in [0, 0.05) is 5.54 Å². The summed E-state index contributed by atoms with van der Waals surface area (Å²) in [5.74, 6) is 1.57. The first-order valence-electron chi connectivity index (χ1n) is 5.37. The lowest BCUT2D eigenvalue weighted by Crippen LogP contribution is -2.43. The van der Waals surface area contributed by atoms with Crippen LogP contribution in [0.15, 0.2) is 0 Å². The first kappa shape index (κ1) is 10.0. The van der Waals surface area contributed by atoms with Crippen LogP contribution in [0.4, 0.5) is 0 Å². The van der Waals surface area contributed by atoms with Crippen molar-refractivity contribution >= 4 is 0 Å². The van der Waals surface area contributed by atoms with Crippen LogP contribution in [-0.2, 0) is 0 Å². The maximum absolute atomic E-state index is 6.38. The van der Waals surface area contributed by atoms with Gasteiger partial charge in [-0.15, -0.1) is 0 Å². The molecule has 12 heavy (non-hydrogen) atoms. The summed E-state index contributed by atoms with van der Waals surface area (Å²) in [6.45, 7) is 6.90. The molecule has 72 valence electrons. The molecule has 1 fully saturated rings. The van der Waals surface area contributed by atoms with Gasteiger partial charge in [-0.2, -0.15) is 0 Å². The molecule has 1 saturated carbocycles. The van der Waals surface area contributed by atoms with Gasteiger partial charge in [0.25, 0.3) is 0 Å². The highest BCUT2D eigenvalue weighted by Crippen LogP contribution is 2.38. The van der Waals surface area contributed by atoms with Crippen LogP contribution in [0.5, 0.6) is 0 Å². The Morgan fingerprint density at radius 3 is 2.67 bits per heavy atom. The van der Waals surface area contributed by atoms with Crippen molar-refractivity contribution in [2.75, 3.05) is 0 Å². The van der Waals surface area contributed by atoms with Crippen LogP contribution in [-0.4, -0.2) is 5.54 Å². The highest BCUT2D eigenvalue weighted by molar-refractivity contribution is 4.95. The van der Waals surface area contributed by atoms with E-state index in [0.717, 1.165) is 5.92 Å². The van der Waals surface area contributed by atoms with Gasteiger partial charge in [0.2, 0.25) is 0 Å². The predicted octanol–water partition coefficient (Wildman–Crippen LogP) is 2.94. The molecule has 0 saturated heterocycles. The van der Waals surface area contributed by atoms with E-state index < -0.39 is 0 Å². The zero-order valence-electron chi connectivity index (χ0n) is 8.77. The smallest absolute Gasteiger partial charge is 0.0182 e. The summed E-state index contributed by atoms with van der Waals surface area (Å²) in [5.41, 5.74) is 6.56. The zero-order valence-corrected chi connectivity index (χ0v) is 8.77. The summed E-state index contributed by atoms with van der Waals surface area (Å²) < 4.78 is 0. The largest absolute Gasteiger partial charge is 0.325 e. The molecule has 0 heterocycles. The number of hydrogen-bond donors (Lipinski definition) is 1. The molecular weight excluding hydrogens is 146 g/mol. The van der Waals surface area contributed by atoms with Crippen molar-refractivity contribution in [2.45, 2.75) is 58.4 Å². The Balaban J connectivity index is 2.48. The molecule has 0 spiro atoms. The third-order valence-corrected chi connectivity index (χ3v) is 3.53. The first-order chi connectivity index (χ1) is 5.58. The van der Waals surface area contributed by atoms with Gasteiger partial charge in [-0.05, 0) is 37.5 Å². The molecule has 2 N–H and O–H groups in total. The van der Waals surface area contributed by atoms with Gasteiger partial charge in [-0.3, -0.25) is 0 Å². The molecule has 1 heteroatoms. The second kappa shape index (κ2) is 3.78. The van der Waals surface area contributed by atoms with E-state index in [2.05, 4.69) is 20.8 Å². The van der Waals surface area contributed by atoms with Gasteiger partial charge in [0.15, 0.2) is 0 Å². The van der Waals surface area contributed by atoms with E-state index in [0.29, 0.717) is 5.92 Å². The Morgan fingerprint density at radius 1 is 1.58 bits per heavy atom. The van der Waals surface area contributed by atoms with Crippen molar-refractivity contribution in [1.82, 2.24) is 0 Å². The highest BCUT2D eigenvalue weighted by atomic mass is 14.8. The minimum Gasteiger partial charge on any atom is -0.325 e. The van der Waals surface area contributed by atoms with Gasteiger partial charge in [0.1, 0.15) is 0 Å². The fourth-order valence-electron chi connectivity index (χ4n) is 2.54. The molecule has 1 nitrogen and oxygen atoms in total. The van der Waals surface area contributed by atoms with E-state index in [1.54, 1.807) is 0 Å². The van der Waals surface area contributed by atoms with Gasteiger partial charge >= 0.3 is 0 Å². The lowest BCUT2D eigenvalue weighted by atomic mass is 9.81. The highest BCUT2D eigenvalue weighted by Gasteiger charge is 2.37. The number of nitrogens with two attached hydrogens (primary N) is 1. The van der Waals surface area contributed by atoms with Crippen molar-refractivity contribution in [1.29, 1.82) is 0 Å². The maximum Gasteiger partial charge on any atom is 0.0182 e. The molecule has 0 bridgehead atoms. The standard InChI is InChI=1S/C11H23N/c1-4-5-10(3)11(12)7-6-9(2)8-11/h9-10H,4-8,12H2,1-3H3. The SMILES string of the molecule is CCCC(C)C1(N)CCC(C)C1. The molecule has 3 atom stereocenters. The third-order valence-electron chi connectivity index (χ3n) is 3.53. The van der Waals surface area contributed by atoms with Crippen LogP contribution >= 0.6 is 0 Å². The molecule has 0 aromatic heterocycles.